The summed E-state index contributed by atoms with van der Waals surface area (Å²) in [6.45, 7) is 1.79. The fraction of sp³-hybridized carbons (Fsp3) is 0.364. The highest BCUT2D eigenvalue weighted by molar-refractivity contribution is 5.96. The number of nitrogens with one attached hydrogen (secondary N) is 2. The molecule has 5 nitrogen and oxygen atoms in total. The van der Waals surface area contributed by atoms with Gasteiger partial charge in [0.15, 0.2) is 0 Å². The third kappa shape index (κ3) is 5.93. The normalized spacial score (nSPS) is 15.7. The number of carbonyl (C=O) groups excluding carboxylic acids is 2. The summed E-state index contributed by atoms with van der Waals surface area (Å²) in [5.41, 5.74) is 3.17. The molecule has 2 aromatic carbocycles. The van der Waals surface area contributed by atoms with Crippen molar-refractivity contribution in [1.82, 2.24) is 5.32 Å². The average Bonchev–Trinajstić information content (AvgIpc) is 2.69. The van der Waals surface area contributed by atoms with Gasteiger partial charge in [0.2, 0.25) is 11.8 Å². The van der Waals surface area contributed by atoms with Gasteiger partial charge < -0.3 is 15.4 Å². The van der Waals surface area contributed by atoms with Crippen LogP contribution < -0.4 is 10.6 Å². The van der Waals surface area contributed by atoms with E-state index in [2.05, 4.69) is 10.6 Å². The highest BCUT2D eigenvalue weighted by Gasteiger charge is 2.26. The van der Waals surface area contributed by atoms with E-state index in [0.29, 0.717) is 39.0 Å². The molecule has 0 saturated heterocycles. The van der Waals surface area contributed by atoms with E-state index in [1.807, 2.05) is 54.6 Å². The Balaban J connectivity index is 1.28. The summed E-state index contributed by atoms with van der Waals surface area (Å²) >= 11 is 0. The van der Waals surface area contributed by atoms with E-state index in [9.17, 15) is 9.59 Å². The summed E-state index contributed by atoms with van der Waals surface area (Å²) in [4.78, 5) is 24.2. The summed E-state index contributed by atoms with van der Waals surface area (Å²) in [6, 6.07) is 17.8. The molecule has 1 heterocycles. The quantitative estimate of drug-likeness (QED) is 0.669. The second kappa shape index (κ2) is 9.88. The molecular formula is C22H26N2O3. The molecule has 1 aliphatic rings. The van der Waals surface area contributed by atoms with Crippen LogP contribution in [0.25, 0.3) is 0 Å². The van der Waals surface area contributed by atoms with Crippen molar-refractivity contribution < 1.29 is 14.3 Å². The van der Waals surface area contributed by atoms with E-state index in [4.69, 9.17) is 4.74 Å². The molecule has 1 aliphatic heterocycles. The molecule has 142 valence electrons. The van der Waals surface area contributed by atoms with E-state index >= 15 is 0 Å². The van der Waals surface area contributed by atoms with Crippen LogP contribution in [0.2, 0.25) is 0 Å². The van der Waals surface area contributed by atoms with Gasteiger partial charge in [-0.25, -0.2) is 0 Å². The standard InChI is InChI=1S/C22H26N2O3/c25-21(23-13-6-14-27-16-17-7-2-1-3-8-17)12-11-19-15-18-9-4-5-10-20(18)24-22(19)26/h1-5,7-10,19H,6,11-16H2,(H,23,25)(H,24,26)/t19-/m0/s1. The van der Waals surface area contributed by atoms with Gasteiger partial charge in [-0.2, -0.15) is 0 Å². The minimum Gasteiger partial charge on any atom is -0.377 e. The van der Waals surface area contributed by atoms with E-state index in [0.717, 1.165) is 23.2 Å². The van der Waals surface area contributed by atoms with Gasteiger partial charge in [0.1, 0.15) is 0 Å². The predicted molar refractivity (Wildman–Crippen MR) is 105 cm³/mol. The van der Waals surface area contributed by atoms with Crippen molar-refractivity contribution in [2.24, 2.45) is 5.92 Å². The number of carbonyl (C=O) groups is 2. The van der Waals surface area contributed by atoms with Crippen LogP contribution in [0.4, 0.5) is 5.69 Å². The van der Waals surface area contributed by atoms with Crippen LogP contribution in [0.15, 0.2) is 54.6 Å². The topological polar surface area (TPSA) is 67.4 Å². The first-order chi connectivity index (χ1) is 13.2. The Morgan fingerprint density at radius 2 is 1.89 bits per heavy atom. The Bertz CT molecular complexity index is 761. The second-order valence-corrected chi connectivity index (χ2v) is 6.83. The maximum Gasteiger partial charge on any atom is 0.227 e. The summed E-state index contributed by atoms with van der Waals surface area (Å²) in [6.07, 6.45) is 2.40. The molecule has 0 aromatic heterocycles. The SMILES string of the molecule is O=C(CC[C@H]1Cc2ccccc2NC1=O)NCCCOCc1ccccc1. The zero-order valence-electron chi connectivity index (χ0n) is 15.4. The number of para-hydroxylation sites is 1. The molecule has 0 radical (unpaired) electrons. The number of ether oxygens (including phenoxy) is 1. The smallest absolute Gasteiger partial charge is 0.227 e. The van der Waals surface area contributed by atoms with Crippen LogP contribution in [0.3, 0.4) is 0 Å². The number of hydrogen-bond acceptors (Lipinski definition) is 3. The van der Waals surface area contributed by atoms with E-state index in [-0.39, 0.29) is 17.7 Å². The van der Waals surface area contributed by atoms with Gasteiger partial charge in [0.25, 0.3) is 0 Å². The van der Waals surface area contributed by atoms with E-state index in [1.54, 1.807) is 0 Å². The number of anilines is 1. The Kier molecular flexibility index (Phi) is 6.99. The van der Waals surface area contributed by atoms with Gasteiger partial charge in [-0.15, -0.1) is 0 Å². The van der Waals surface area contributed by atoms with Gasteiger partial charge in [-0.3, -0.25) is 9.59 Å². The number of amides is 2. The fourth-order valence-electron chi connectivity index (χ4n) is 3.21. The second-order valence-electron chi connectivity index (χ2n) is 6.83. The first-order valence-corrected chi connectivity index (χ1v) is 9.49. The molecule has 0 unspecified atom stereocenters. The lowest BCUT2D eigenvalue weighted by molar-refractivity contribution is -0.122. The first kappa shape index (κ1) is 19.1. The van der Waals surface area contributed by atoms with Gasteiger partial charge >= 0.3 is 0 Å². The van der Waals surface area contributed by atoms with Crippen LogP contribution in [0.1, 0.15) is 30.4 Å². The minimum absolute atomic E-state index is 0.00952. The van der Waals surface area contributed by atoms with Gasteiger partial charge in [0.05, 0.1) is 6.61 Å². The Morgan fingerprint density at radius 3 is 2.74 bits per heavy atom. The maximum atomic E-state index is 12.2. The van der Waals surface area contributed by atoms with Gasteiger partial charge in [0, 0.05) is 31.2 Å². The third-order valence-electron chi connectivity index (χ3n) is 4.73. The molecule has 0 bridgehead atoms. The molecule has 2 N–H and O–H groups in total. The van der Waals surface area contributed by atoms with Crippen molar-refractivity contribution in [3.8, 4) is 0 Å². The van der Waals surface area contributed by atoms with Crippen LogP contribution in [-0.4, -0.2) is 25.0 Å². The predicted octanol–water partition coefficient (Wildman–Crippen LogP) is 3.30. The first-order valence-electron chi connectivity index (χ1n) is 9.49. The van der Waals surface area contributed by atoms with Crippen molar-refractivity contribution >= 4 is 17.5 Å². The number of hydrogen-bond donors (Lipinski definition) is 2. The molecule has 0 fully saturated rings. The molecule has 0 aliphatic carbocycles. The third-order valence-corrected chi connectivity index (χ3v) is 4.73. The molecule has 0 spiro atoms. The van der Waals surface area contributed by atoms with Crippen LogP contribution >= 0.6 is 0 Å². The Morgan fingerprint density at radius 1 is 1.11 bits per heavy atom. The number of fused-ring (bicyclic) bond motifs is 1. The molecular weight excluding hydrogens is 340 g/mol. The van der Waals surface area contributed by atoms with Crippen molar-refractivity contribution in [2.75, 3.05) is 18.5 Å². The minimum atomic E-state index is -0.139. The van der Waals surface area contributed by atoms with Crippen LogP contribution in [0, 0.1) is 5.92 Å². The number of benzene rings is 2. The van der Waals surface area contributed by atoms with Gasteiger partial charge in [-0.05, 0) is 36.5 Å². The zero-order valence-corrected chi connectivity index (χ0v) is 15.4. The van der Waals surface area contributed by atoms with Gasteiger partial charge in [-0.1, -0.05) is 48.5 Å². The summed E-state index contributed by atoms with van der Waals surface area (Å²) in [7, 11) is 0. The monoisotopic (exact) mass is 366 g/mol. The highest BCUT2D eigenvalue weighted by atomic mass is 16.5. The molecule has 27 heavy (non-hydrogen) atoms. The molecule has 5 heteroatoms. The van der Waals surface area contributed by atoms with Crippen LogP contribution in [0.5, 0.6) is 0 Å². The lowest BCUT2D eigenvalue weighted by Crippen LogP contribution is -2.32. The summed E-state index contributed by atoms with van der Waals surface area (Å²) < 4.78 is 5.60. The maximum absolute atomic E-state index is 12.2. The highest BCUT2D eigenvalue weighted by Crippen LogP contribution is 2.27. The van der Waals surface area contributed by atoms with Crippen molar-refractivity contribution in [3.63, 3.8) is 0 Å². The summed E-state index contributed by atoms with van der Waals surface area (Å²) in [5.74, 6) is -0.139. The largest absolute Gasteiger partial charge is 0.377 e. The molecule has 2 amide bonds. The molecule has 3 rings (SSSR count). The molecule has 1 atom stereocenters. The zero-order chi connectivity index (χ0) is 18.9. The summed E-state index contributed by atoms with van der Waals surface area (Å²) in [5, 5.41) is 5.83. The van der Waals surface area contributed by atoms with Crippen molar-refractivity contribution in [3.05, 3.63) is 65.7 Å². The fourth-order valence-corrected chi connectivity index (χ4v) is 3.21. The van der Waals surface area contributed by atoms with Crippen molar-refractivity contribution in [2.45, 2.75) is 32.3 Å². The van der Waals surface area contributed by atoms with Crippen LogP contribution in [-0.2, 0) is 27.4 Å². The Hall–Kier alpha value is -2.66. The lowest BCUT2D eigenvalue weighted by Gasteiger charge is -2.24. The molecule has 2 aromatic rings. The van der Waals surface area contributed by atoms with E-state index in [1.165, 1.54) is 0 Å². The average molecular weight is 366 g/mol. The van der Waals surface area contributed by atoms with E-state index < -0.39 is 0 Å². The van der Waals surface area contributed by atoms with Crippen molar-refractivity contribution in [1.29, 1.82) is 0 Å². The lowest BCUT2D eigenvalue weighted by atomic mass is 9.89. The Labute approximate surface area is 160 Å². The molecule has 0 saturated carbocycles. The number of rotatable bonds is 9.